The normalized spacial score (nSPS) is 10.2. The molecule has 1 aromatic heterocycles. The number of benzene rings is 1. The molecule has 2 aromatic rings. The SMILES string of the molecule is O=C(O)c1cc(-c2ccc(I)cc2)on1. The van der Waals surface area contributed by atoms with Crippen LogP contribution in [0.2, 0.25) is 0 Å². The summed E-state index contributed by atoms with van der Waals surface area (Å²) in [5.74, 6) is -0.626. The van der Waals surface area contributed by atoms with Crippen molar-refractivity contribution in [3.05, 3.63) is 39.6 Å². The summed E-state index contributed by atoms with van der Waals surface area (Å²) in [5, 5.41) is 12.1. The minimum atomic E-state index is -1.09. The number of nitrogens with zero attached hydrogens (tertiary/aromatic N) is 1. The Labute approximate surface area is 99.0 Å². The van der Waals surface area contributed by atoms with Crippen LogP contribution < -0.4 is 0 Å². The van der Waals surface area contributed by atoms with Crippen LogP contribution in [0.5, 0.6) is 0 Å². The third-order valence-corrected chi connectivity index (χ3v) is 2.58. The summed E-state index contributed by atoms with van der Waals surface area (Å²) in [6.07, 6.45) is 0. The first-order chi connectivity index (χ1) is 7.16. The lowest BCUT2D eigenvalue weighted by Crippen LogP contribution is -1.94. The molecule has 0 aliphatic carbocycles. The molecule has 0 fully saturated rings. The van der Waals surface area contributed by atoms with E-state index in [-0.39, 0.29) is 5.69 Å². The maximum absolute atomic E-state index is 10.6. The standard InChI is InChI=1S/C10H6INO3/c11-7-3-1-6(2-4-7)9-5-8(10(13)14)12-15-9/h1-5H,(H,13,14). The van der Waals surface area contributed by atoms with Crippen LogP contribution in [0.3, 0.4) is 0 Å². The van der Waals surface area contributed by atoms with Crippen LogP contribution in [-0.2, 0) is 0 Å². The van der Waals surface area contributed by atoms with Gasteiger partial charge in [-0.2, -0.15) is 0 Å². The van der Waals surface area contributed by atoms with Crippen molar-refractivity contribution >= 4 is 28.6 Å². The van der Waals surface area contributed by atoms with E-state index in [2.05, 4.69) is 27.7 Å². The quantitative estimate of drug-likeness (QED) is 0.866. The first kappa shape index (κ1) is 10.2. The van der Waals surface area contributed by atoms with Gasteiger partial charge >= 0.3 is 5.97 Å². The zero-order chi connectivity index (χ0) is 10.8. The average Bonchev–Trinajstić information content (AvgIpc) is 2.68. The predicted molar refractivity (Wildman–Crippen MR) is 61.6 cm³/mol. The van der Waals surface area contributed by atoms with Crippen molar-refractivity contribution in [2.24, 2.45) is 0 Å². The maximum Gasteiger partial charge on any atom is 0.358 e. The molecule has 1 N–H and O–H groups in total. The van der Waals surface area contributed by atoms with Gasteiger partial charge in [0.25, 0.3) is 0 Å². The van der Waals surface area contributed by atoms with Gasteiger partial charge in [0, 0.05) is 15.2 Å². The second kappa shape index (κ2) is 4.01. The van der Waals surface area contributed by atoms with Gasteiger partial charge in [0.15, 0.2) is 11.5 Å². The molecule has 1 heterocycles. The third kappa shape index (κ3) is 2.17. The Balaban J connectivity index is 2.37. The fraction of sp³-hybridized carbons (Fsp3) is 0. The van der Waals surface area contributed by atoms with E-state index in [1.807, 2.05) is 24.3 Å². The van der Waals surface area contributed by atoms with Crippen LogP contribution in [0.1, 0.15) is 10.5 Å². The lowest BCUT2D eigenvalue weighted by molar-refractivity contribution is 0.0686. The molecule has 4 nitrogen and oxygen atoms in total. The molecule has 15 heavy (non-hydrogen) atoms. The van der Waals surface area contributed by atoms with Crippen LogP contribution in [0, 0.1) is 3.57 Å². The maximum atomic E-state index is 10.6. The first-order valence-electron chi connectivity index (χ1n) is 4.13. The van der Waals surface area contributed by atoms with E-state index in [0.717, 1.165) is 9.13 Å². The fourth-order valence-corrected chi connectivity index (χ4v) is 1.49. The second-order valence-electron chi connectivity index (χ2n) is 2.89. The number of hydrogen-bond acceptors (Lipinski definition) is 3. The summed E-state index contributed by atoms with van der Waals surface area (Å²) in [5.41, 5.74) is 0.735. The van der Waals surface area contributed by atoms with E-state index in [1.54, 1.807) is 0 Å². The highest BCUT2D eigenvalue weighted by atomic mass is 127. The zero-order valence-corrected chi connectivity index (χ0v) is 9.63. The van der Waals surface area contributed by atoms with Crippen molar-refractivity contribution in [3.8, 4) is 11.3 Å². The van der Waals surface area contributed by atoms with Gasteiger partial charge in [0.05, 0.1) is 0 Å². The van der Waals surface area contributed by atoms with Gasteiger partial charge in [-0.05, 0) is 34.7 Å². The number of carboxylic acids is 1. The van der Waals surface area contributed by atoms with Gasteiger partial charge in [-0.3, -0.25) is 0 Å². The van der Waals surface area contributed by atoms with Crippen LogP contribution in [0.15, 0.2) is 34.9 Å². The largest absolute Gasteiger partial charge is 0.476 e. The van der Waals surface area contributed by atoms with Gasteiger partial charge in [-0.25, -0.2) is 4.79 Å². The van der Waals surface area contributed by atoms with E-state index in [4.69, 9.17) is 9.63 Å². The minimum absolute atomic E-state index is 0.0800. The summed E-state index contributed by atoms with van der Waals surface area (Å²) in [4.78, 5) is 10.6. The number of hydrogen-bond donors (Lipinski definition) is 1. The van der Waals surface area contributed by atoms with E-state index in [1.165, 1.54) is 6.07 Å². The monoisotopic (exact) mass is 315 g/mol. The number of aromatic nitrogens is 1. The Kier molecular flexibility index (Phi) is 2.72. The van der Waals surface area contributed by atoms with E-state index in [9.17, 15) is 4.79 Å². The Hall–Kier alpha value is -1.37. The molecule has 0 bridgehead atoms. The van der Waals surface area contributed by atoms with Gasteiger partial charge in [-0.1, -0.05) is 17.3 Å². The van der Waals surface area contributed by atoms with Crippen molar-refractivity contribution in [1.82, 2.24) is 5.16 Å². The second-order valence-corrected chi connectivity index (χ2v) is 4.13. The molecule has 1 aromatic carbocycles. The Morgan fingerprint density at radius 3 is 2.53 bits per heavy atom. The Morgan fingerprint density at radius 2 is 2.00 bits per heavy atom. The third-order valence-electron chi connectivity index (χ3n) is 1.86. The molecule has 0 aliphatic rings. The summed E-state index contributed by atoms with van der Waals surface area (Å²) in [6, 6.07) is 8.95. The smallest absolute Gasteiger partial charge is 0.358 e. The molecule has 0 saturated heterocycles. The van der Waals surface area contributed by atoms with Crippen molar-refractivity contribution in [2.75, 3.05) is 0 Å². The molecular formula is C10H6INO3. The Bertz CT molecular complexity index is 490. The fourth-order valence-electron chi connectivity index (χ4n) is 1.13. The van der Waals surface area contributed by atoms with Gasteiger partial charge in [0.2, 0.25) is 0 Å². The Morgan fingerprint density at radius 1 is 1.33 bits per heavy atom. The number of halogens is 1. The molecule has 0 atom stereocenters. The summed E-state index contributed by atoms with van der Waals surface area (Å²) in [6.45, 7) is 0. The number of aromatic carboxylic acids is 1. The van der Waals surface area contributed by atoms with Crippen LogP contribution in [0.4, 0.5) is 0 Å². The van der Waals surface area contributed by atoms with Crippen molar-refractivity contribution in [3.63, 3.8) is 0 Å². The number of rotatable bonds is 2. The van der Waals surface area contributed by atoms with Crippen molar-refractivity contribution in [2.45, 2.75) is 0 Å². The van der Waals surface area contributed by atoms with Crippen LogP contribution >= 0.6 is 22.6 Å². The zero-order valence-electron chi connectivity index (χ0n) is 7.48. The lowest BCUT2D eigenvalue weighted by Gasteiger charge is -1.94. The molecule has 0 spiro atoms. The highest BCUT2D eigenvalue weighted by Gasteiger charge is 2.11. The van der Waals surface area contributed by atoms with Crippen LogP contribution in [-0.4, -0.2) is 16.2 Å². The first-order valence-corrected chi connectivity index (χ1v) is 5.20. The molecule has 0 saturated carbocycles. The summed E-state index contributed by atoms with van der Waals surface area (Å²) in [7, 11) is 0. The van der Waals surface area contributed by atoms with Gasteiger partial charge in [-0.15, -0.1) is 0 Å². The highest BCUT2D eigenvalue weighted by Crippen LogP contribution is 2.21. The summed E-state index contributed by atoms with van der Waals surface area (Å²) >= 11 is 2.19. The molecule has 0 unspecified atom stereocenters. The molecule has 76 valence electrons. The molecule has 0 radical (unpaired) electrons. The average molecular weight is 315 g/mol. The number of carbonyl (C=O) groups is 1. The molecule has 0 amide bonds. The molecule has 2 rings (SSSR count). The van der Waals surface area contributed by atoms with E-state index >= 15 is 0 Å². The van der Waals surface area contributed by atoms with Gasteiger partial charge in [0.1, 0.15) is 0 Å². The lowest BCUT2D eigenvalue weighted by atomic mass is 10.2. The molecule has 5 heteroatoms. The topological polar surface area (TPSA) is 63.3 Å². The van der Waals surface area contributed by atoms with Crippen molar-refractivity contribution in [1.29, 1.82) is 0 Å². The number of carboxylic acid groups (broad SMARTS) is 1. The van der Waals surface area contributed by atoms with Crippen molar-refractivity contribution < 1.29 is 14.4 Å². The van der Waals surface area contributed by atoms with E-state index in [0.29, 0.717) is 5.76 Å². The van der Waals surface area contributed by atoms with E-state index < -0.39 is 5.97 Å². The van der Waals surface area contributed by atoms with Crippen LogP contribution in [0.25, 0.3) is 11.3 Å². The summed E-state index contributed by atoms with van der Waals surface area (Å²) < 4.78 is 6.02. The predicted octanol–water partition coefficient (Wildman–Crippen LogP) is 2.64. The van der Waals surface area contributed by atoms with Gasteiger partial charge < -0.3 is 9.63 Å². The molecular weight excluding hydrogens is 309 g/mol. The molecule has 0 aliphatic heterocycles. The minimum Gasteiger partial charge on any atom is -0.476 e. The highest BCUT2D eigenvalue weighted by molar-refractivity contribution is 14.1.